The Hall–Kier alpha value is -1.37. The summed E-state index contributed by atoms with van der Waals surface area (Å²) in [5.41, 5.74) is 0. The highest BCUT2D eigenvalue weighted by Crippen LogP contribution is 2.37. The second-order valence-corrected chi connectivity index (χ2v) is 6.64. The fourth-order valence-electron chi connectivity index (χ4n) is 3.76. The van der Waals surface area contributed by atoms with E-state index in [4.69, 9.17) is 0 Å². The van der Waals surface area contributed by atoms with Gasteiger partial charge < -0.3 is 10.2 Å². The summed E-state index contributed by atoms with van der Waals surface area (Å²) in [5, 5.41) is 11.5. The largest absolute Gasteiger partial charge is 0.391 e. The summed E-state index contributed by atoms with van der Waals surface area (Å²) in [7, 11) is 0. The Labute approximate surface area is 134 Å². The van der Waals surface area contributed by atoms with Gasteiger partial charge in [0.05, 0.1) is 5.92 Å². The lowest BCUT2D eigenvalue weighted by Gasteiger charge is -2.38. The van der Waals surface area contributed by atoms with Crippen molar-refractivity contribution in [2.75, 3.05) is 18.0 Å². The van der Waals surface area contributed by atoms with E-state index in [0.717, 1.165) is 38.2 Å². The first kappa shape index (κ1) is 16.5. The van der Waals surface area contributed by atoms with Crippen molar-refractivity contribution in [3.05, 3.63) is 18.3 Å². The zero-order valence-corrected chi connectivity index (χ0v) is 13.1. The van der Waals surface area contributed by atoms with Crippen LogP contribution in [-0.2, 0) is 0 Å². The van der Waals surface area contributed by atoms with Crippen molar-refractivity contribution in [3.63, 3.8) is 0 Å². The number of aromatic nitrogens is 2. The van der Waals surface area contributed by atoms with Gasteiger partial charge in [-0.3, -0.25) is 0 Å². The van der Waals surface area contributed by atoms with Crippen molar-refractivity contribution < 1.29 is 13.2 Å². The van der Waals surface area contributed by atoms with E-state index in [0.29, 0.717) is 6.42 Å². The number of rotatable bonds is 3. The fraction of sp³-hybridized carbons (Fsp3) is 0.750. The first-order valence-electron chi connectivity index (χ1n) is 8.38. The van der Waals surface area contributed by atoms with Crippen LogP contribution in [0.4, 0.5) is 19.0 Å². The summed E-state index contributed by atoms with van der Waals surface area (Å²) >= 11 is 0. The van der Waals surface area contributed by atoms with Crippen molar-refractivity contribution in [3.8, 4) is 0 Å². The molecule has 7 heteroatoms. The highest BCUT2D eigenvalue weighted by atomic mass is 19.4. The van der Waals surface area contributed by atoms with Crippen LogP contribution in [0.3, 0.4) is 0 Å². The molecule has 0 aromatic carbocycles. The molecule has 1 saturated carbocycles. The van der Waals surface area contributed by atoms with Crippen LogP contribution in [0, 0.1) is 5.92 Å². The Morgan fingerprint density at radius 2 is 1.96 bits per heavy atom. The molecule has 2 aliphatic rings. The van der Waals surface area contributed by atoms with Crippen molar-refractivity contribution >= 4 is 5.82 Å². The van der Waals surface area contributed by atoms with Gasteiger partial charge in [0.1, 0.15) is 0 Å². The highest BCUT2D eigenvalue weighted by molar-refractivity contribution is 5.37. The van der Waals surface area contributed by atoms with Gasteiger partial charge in [0.25, 0.3) is 0 Å². The standard InChI is InChI=1S/C16H23F3N4/c17-16(18,19)12-4-1-5-13(10-12)21-14-6-3-9-23(11-14)15-7-2-8-20-22-15/h2,7-8,12-14,21H,1,3-6,9-11H2/t12-,13+,14-/m1/s1. The molecule has 2 fully saturated rings. The van der Waals surface area contributed by atoms with E-state index in [-0.39, 0.29) is 24.9 Å². The molecule has 0 spiro atoms. The molecule has 1 aliphatic carbocycles. The summed E-state index contributed by atoms with van der Waals surface area (Å²) in [5.74, 6) is -0.302. The second-order valence-electron chi connectivity index (χ2n) is 6.64. The third-order valence-electron chi connectivity index (χ3n) is 4.91. The van der Waals surface area contributed by atoms with Crippen LogP contribution in [0.15, 0.2) is 18.3 Å². The van der Waals surface area contributed by atoms with Gasteiger partial charge in [-0.1, -0.05) is 6.42 Å². The van der Waals surface area contributed by atoms with E-state index in [1.54, 1.807) is 6.20 Å². The predicted molar refractivity (Wildman–Crippen MR) is 82.2 cm³/mol. The lowest BCUT2D eigenvalue weighted by molar-refractivity contribution is -0.183. The lowest BCUT2D eigenvalue weighted by atomic mass is 9.84. The maximum absolute atomic E-state index is 12.9. The Morgan fingerprint density at radius 3 is 2.70 bits per heavy atom. The van der Waals surface area contributed by atoms with Crippen molar-refractivity contribution in [2.45, 2.75) is 56.8 Å². The molecule has 1 aromatic heterocycles. The molecule has 1 saturated heterocycles. The van der Waals surface area contributed by atoms with E-state index in [1.807, 2.05) is 12.1 Å². The number of piperidine rings is 1. The topological polar surface area (TPSA) is 41.0 Å². The van der Waals surface area contributed by atoms with Crippen molar-refractivity contribution in [2.24, 2.45) is 5.92 Å². The number of nitrogens with one attached hydrogen (secondary N) is 1. The van der Waals surface area contributed by atoms with E-state index in [2.05, 4.69) is 20.4 Å². The van der Waals surface area contributed by atoms with Crippen molar-refractivity contribution in [1.29, 1.82) is 0 Å². The number of alkyl halides is 3. The van der Waals surface area contributed by atoms with Gasteiger partial charge in [0.2, 0.25) is 0 Å². The monoisotopic (exact) mass is 328 g/mol. The molecule has 0 radical (unpaired) electrons. The third-order valence-corrected chi connectivity index (χ3v) is 4.91. The van der Waals surface area contributed by atoms with E-state index in [9.17, 15) is 13.2 Å². The number of anilines is 1. The molecule has 128 valence electrons. The summed E-state index contributed by atoms with van der Waals surface area (Å²) in [6.07, 6.45) is 1.59. The minimum absolute atomic E-state index is 0.0258. The minimum atomic E-state index is -4.06. The maximum Gasteiger partial charge on any atom is 0.391 e. The molecule has 1 aliphatic heterocycles. The first-order valence-corrected chi connectivity index (χ1v) is 8.38. The molecule has 0 unspecified atom stereocenters. The smallest absolute Gasteiger partial charge is 0.354 e. The quantitative estimate of drug-likeness (QED) is 0.925. The van der Waals surface area contributed by atoms with Crippen LogP contribution in [0.2, 0.25) is 0 Å². The van der Waals surface area contributed by atoms with Gasteiger partial charge in [-0.2, -0.15) is 18.3 Å². The summed E-state index contributed by atoms with van der Waals surface area (Å²) in [6.45, 7) is 1.71. The maximum atomic E-state index is 12.9. The molecular formula is C16H23F3N4. The lowest BCUT2D eigenvalue weighted by Crippen LogP contribution is -2.51. The van der Waals surface area contributed by atoms with Gasteiger partial charge in [0.15, 0.2) is 5.82 Å². The van der Waals surface area contributed by atoms with Gasteiger partial charge in [-0.15, -0.1) is 5.10 Å². The number of hydrogen-bond donors (Lipinski definition) is 1. The highest BCUT2D eigenvalue weighted by Gasteiger charge is 2.42. The molecule has 3 atom stereocenters. The molecular weight excluding hydrogens is 305 g/mol. The molecule has 1 N–H and O–H groups in total. The SMILES string of the molecule is FC(F)(F)[C@@H]1CCC[C@H](N[C@@H]2CCCN(c3cccnn3)C2)C1. The molecule has 1 aromatic rings. The van der Waals surface area contributed by atoms with Crippen LogP contribution in [0.25, 0.3) is 0 Å². The molecule has 0 bridgehead atoms. The van der Waals surface area contributed by atoms with Gasteiger partial charge >= 0.3 is 6.18 Å². The Bertz CT molecular complexity index is 494. The number of halogens is 3. The fourth-order valence-corrected chi connectivity index (χ4v) is 3.76. The molecule has 2 heterocycles. The van der Waals surface area contributed by atoms with Crippen LogP contribution in [0.1, 0.15) is 38.5 Å². The molecule has 0 amide bonds. The average Bonchev–Trinajstić information content (AvgIpc) is 2.55. The Morgan fingerprint density at radius 1 is 1.13 bits per heavy atom. The van der Waals surface area contributed by atoms with Crippen LogP contribution in [0.5, 0.6) is 0 Å². The average molecular weight is 328 g/mol. The Balaban J connectivity index is 1.55. The number of hydrogen-bond acceptors (Lipinski definition) is 4. The normalized spacial score (nSPS) is 29.5. The number of nitrogens with zero attached hydrogens (tertiary/aromatic N) is 3. The summed E-state index contributed by atoms with van der Waals surface area (Å²) in [4.78, 5) is 2.16. The van der Waals surface area contributed by atoms with E-state index in [1.165, 1.54) is 0 Å². The second kappa shape index (κ2) is 7.03. The first-order chi connectivity index (χ1) is 11.0. The zero-order chi connectivity index (χ0) is 16.3. The van der Waals surface area contributed by atoms with Gasteiger partial charge in [-0.25, -0.2) is 0 Å². The van der Waals surface area contributed by atoms with Crippen molar-refractivity contribution in [1.82, 2.24) is 15.5 Å². The van der Waals surface area contributed by atoms with E-state index >= 15 is 0 Å². The van der Waals surface area contributed by atoms with Gasteiger partial charge in [0, 0.05) is 31.4 Å². The Kier molecular flexibility index (Phi) is 5.04. The zero-order valence-electron chi connectivity index (χ0n) is 13.1. The third kappa shape index (κ3) is 4.34. The summed E-state index contributed by atoms with van der Waals surface area (Å²) in [6, 6.07) is 3.98. The van der Waals surface area contributed by atoms with Crippen LogP contribution < -0.4 is 10.2 Å². The van der Waals surface area contributed by atoms with E-state index < -0.39 is 12.1 Å². The molecule has 23 heavy (non-hydrogen) atoms. The molecule has 3 rings (SSSR count). The summed E-state index contributed by atoms with van der Waals surface area (Å²) < 4.78 is 38.8. The van der Waals surface area contributed by atoms with Gasteiger partial charge in [-0.05, 0) is 44.2 Å². The van der Waals surface area contributed by atoms with Crippen LogP contribution in [-0.4, -0.2) is 41.5 Å². The predicted octanol–water partition coefficient (Wildman–Crippen LogP) is 3.16. The minimum Gasteiger partial charge on any atom is -0.354 e. The molecule has 4 nitrogen and oxygen atoms in total. The van der Waals surface area contributed by atoms with Crippen LogP contribution >= 0.6 is 0 Å².